The van der Waals surface area contributed by atoms with Gasteiger partial charge in [0.1, 0.15) is 12.1 Å². The summed E-state index contributed by atoms with van der Waals surface area (Å²) in [5.41, 5.74) is 7.15. The topological polar surface area (TPSA) is 84.6 Å². The van der Waals surface area contributed by atoms with Crippen molar-refractivity contribution in [3.05, 3.63) is 89.2 Å². The molecule has 12 heteroatoms. The molecule has 1 atom stereocenters. The number of aliphatic imine (C=N–C) groups is 1. The highest BCUT2D eigenvalue weighted by molar-refractivity contribution is 8.14. The number of amides is 2. The summed E-state index contributed by atoms with van der Waals surface area (Å²) in [7, 11) is 0. The van der Waals surface area contributed by atoms with E-state index in [0.717, 1.165) is 47.1 Å². The normalized spacial score (nSPS) is 15.1. The monoisotopic (exact) mass is 622 g/mol. The van der Waals surface area contributed by atoms with E-state index in [4.69, 9.17) is 0 Å². The predicted molar refractivity (Wildman–Crippen MR) is 168 cm³/mol. The minimum atomic E-state index is -4.74. The van der Waals surface area contributed by atoms with E-state index >= 15 is 0 Å². The Kier molecular flexibility index (Phi) is 9.28. The minimum absolute atomic E-state index is 0.0699. The van der Waals surface area contributed by atoms with Gasteiger partial charge in [0, 0.05) is 29.6 Å². The van der Waals surface area contributed by atoms with E-state index in [1.54, 1.807) is 11.8 Å². The molecule has 230 valence electrons. The van der Waals surface area contributed by atoms with E-state index in [2.05, 4.69) is 62.9 Å². The number of nitrogens with zero attached hydrogens (tertiary/aromatic N) is 5. The quantitative estimate of drug-likeness (QED) is 0.221. The number of rotatable bonds is 8. The molecule has 2 heterocycles. The van der Waals surface area contributed by atoms with E-state index in [1.165, 1.54) is 52.0 Å². The maximum absolute atomic E-state index is 12.8. The third kappa shape index (κ3) is 7.79. The number of aryl methyl sites for hydroxylation is 4. The van der Waals surface area contributed by atoms with Crippen molar-refractivity contribution in [2.75, 3.05) is 17.2 Å². The number of aromatic nitrogens is 3. The van der Waals surface area contributed by atoms with Crippen LogP contribution in [0.15, 0.2) is 72.0 Å². The van der Waals surface area contributed by atoms with Crippen LogP contribution in [0.4, 0.5) is 23.7 Å². The second-order valence-electron chi connectivity index (χ2n) is 10.8. The van der Waals surface area contributed by atoms with Gasteiger partial charge in [0.2, 0.25) is 0 Å². The molecule has 0 spiro atoms. The lowest BCUT2D eigenvalue weighted by Crippen LogP contribution is -2.33. The van der Waals surface area contributed by atoms with Gasteiger partial charge in [0.15, 0.2) is 11.0 Å². The van der Waals surface area contributed by atoms with Gasteiger partial charge in [-0.1, -0.05) is 53.7 Å². The first-order valence-corrected chi connectivity index (χ1v) is 15.2. The Morgan fingerprint density at radius 2 is 1.75 bits per heavy atom. The zero-order chi connectivity index (χ0) is 31.4. The van der Waals surface area contributed by atoms with Crippen LogP contribution in [-0.4, -0.2) is 50.7 Å². The number of thioether (sulfide) groups is 1. The lowest BCUT2D eigenvalue weighted by atomic mass is 10.0. The maximum atomic E-state index is 12.8. The van der Waals surface area contributed by atoms with E-state index in [0.29, 0.717) is 11.5 Å². The molecule has 0 bridgehead atoms. The molecule has 4 aromatic rings. The number of ether oxygens (including phenoxy) is 1. The van der Waals surface area contributed by atoms with Crippen molar-refractivity contribution in [1.82, 2.24) is 20.1 Å². The Bertz CT molecular complexity index is 1630. The maximum Gasteiger partial charge on any atom is 0.573 e. The molecule has 1 N–H and O–H groups in total. The Morgan fingerprint density at radius 3 is 2.41 bits per heavy atom. The molecule has 1 aliphatic rings. The predicted octanol–water partition coefficient (Wildman–Crippen LogP) is 7.40. The molecule has 5 rings (SSSR count). The van der Waals surface area contributed by atoms with E-state index < -0.39 is 6.36 Å². The molecule has 1 aliphatic heterocycles. The highest BCUT2D eigenvalue weighted by atomic mass is 32.2. The number of urea groups is 1. The highest BCUT2D eigenvalue weighted by Crippen LogP contribution is 2.32. The largest absolute Gasteiger partial charge is 0.573 e. The Morgan fingerprint density at radius 1 is 1.07 bits per heavy atom. The molecule has 0 saturated carbocycles. The van der Waals surface area contributed by atoms with Crippen molar-refractivity contribution < 1.29 is 22.7 Å². The molecule has 3 aromatic carbocycles. The van der Waals surface area contributed by atoms with Gasteiger partial charge in [0.25, 0.3) is 0 Å². The molecule has 1 aromatic heterocycles. The summed E-state index contributed by atoms with van der Waals surface area (Å²) in [5, 5.41) is 8.18. The van der Waals surface area contributed by atoms with Gasteiger partial charge >= 0.3 is 12.4 Å². The molecular formula is C32H33F3N6O2S. The van der Waals surface area contributed by atoms with Crippen LogP contribution in [0.5, 0.6) is 5.75 Å². The van der Waals surface area contributed by atoms with Crippen LogP contribution in [0, 0.1) is 20.8 Å². The van der Waals surface area contributed by atoms with E-state index in [9.17, 15) is 18.0 Å². The van der Waals surface area contributed by atoms with Crippen molar-refractivity contribution >= 4 is 28.6 Å². The number of hydrogen-bond acceptors (Lipinski definition) is 5. The number of hydrogen-bond donors (Lipinski definition) is 1. The van der Waals surface area contributed by atoms with E-state index in [-0.39, 0.29) is 17.8 Å². The zero-order valence-corrected chi connectivity index (χ0v) is 25.7. The molecule has 8 nitrogen and oxygen atoms in total. The standard InChI is InChI=1S/C32H33F3N6O2S/c1-20-17-21(2)28(22(3)18-20)40-15-16-44-31(40)38-30(42)37-23(4)5-6-24-7-9-25(10-8-24)29-36-19-41(39-29)26-11-13-27(14-12-26)43-32(33,34)35/h7-14,17-19,23H,5-6,15-16H2,1-4H3,(H,37,42)/b38-31-. The summed E-state index contributed by atoms with van der Waals surface area (Å²) in [6.07, 6.45) is -1.74. The number of benzene rings is 3. The smallest absolute Gasteiger partial charge is 0.406 e. The van der Waals surface area contributed by atoms with Crippen molar-refractivity contribution in [2.24, 2.45) is 4.99 Å². The zero-order valence-electron chi connectivity index (χ0n) is 24.9. The van der Waals surface area contributed by atoms with Crippen molar-refractivity contribution in [3.8, 4) is 22.8 Å². The Balaban J connectivity index is 1.14. The molecule has 0 radical (unpaired) electrons. The Labute approximate surface area is 258 Å². The van der Waals surface area contributed by atoms with Gasteiger partial charge in [-0.25, -0.2) is 14.5 Å². The van der Waals surface area contributed by atoms with Gasteiger partial charge in [-0.3, -0.25) is 0 Å². The second kappa shape index (κ2) is 13.1. The van der Waals surface area contributed by atoms with Crippen molar-refractivity contribution in [3.63, 3.8) is 0 Å². The van der Waals surface area contributed by atoms with Gasteiger partial charge in [-0.2, -0.15) is 4.99 Å². The van der Waals surface area contributed by atoms with Crippen molar-refractivity contribution in [2.45, 2.75) is 52.9 Å². The van der Waals surface area contributed by atoms with Crippen LogP contribution in [0.25, 0.3) is 17.1 Å². The number of carbonyl (C=O) groups excluding carboxylic acids is 1. The third-order valence-electron chi connectivity index (χ3n) is 7.15. The molecule has 1 unspecified atom stereocenters. The van der Waals surface area contributed by atoms with Crippen LogP contribution in [-0.2, 0) is 6.42 Å². The van der Waals surface area contributed by atoms with E-state index in [1.807, 2.05) is 31.2 Å². The summed E-state index contributed by atoms with van der Waals surface area (Å²) in [6, 6.07) is 17.1. The first-order valence-electron chi connectivity index (χ1n) is 14.2. The highest BCUT2D eigenvalue weighted by Gasteiger charge is 2.31. The first kappa shape index (κ1) is 31.1. The summed E-state index contributed by atoms with van der Waals surface area (Å²) in [6.45, 7) is 9.06. The van der Waals surface area contributed by atoms with Gasteiger partial charge in [-0.05, 0) is 81.5 Å². The van der Waals surface area contributed by atoms with Crippen LogP contribution in [0.2, 0.25) is 0 Å². The molecule has 2 amide bonds. The summed E-state index contributed by atoms with van der Waals surface area (Å²) in [5.74, 6) is 1.07. The Hall–Kier alpha value is -4.32. The lowest BCUT2D eigenvalue weighted by molar-refractivity contribution is -0.274. The van der Waals surface area contributed by atoms with Gasteiger partial charge in [-0.15, -0.1) is 18.3 Å². The summed E-state index contributed by atoms with van der Waals surface area (Å²) in [4.78, 5) is 23.7. The molecular weight excluding hydrogens is 589 g/mol. The average molecular weight is 623 g/mol. The lowest BCUT2D eigenvalue weighted by Gasteiger charge is -2.23. The molecule has 0 aliphatic carbocycles. The number of anilines is 1. The van der Waals surface area contributed by atoms with Crippen LogP contribution >= 0.6 is 11.8 Å². The minimum Gasteiger partial charge on any atom is -0.406 e. The fourth-order valence-corrected chi connectivity index (χ4v) is 6.17. The van der Waals surface area contributed by atoms with Gasteiger partial charge in [0.05, 0.1) is 5.69 Å². The number of halogens is 3. The summed E-state index contributed by atoms with van der Waals surface area (Å²) >= 11 is 1.60. The number of amidine groups is 1. The molecule has 1 fully saturated rings. The van der Waals surface area contributed by atoms with Crippen LogP contribution in [0.1, 0.15) is 35.6 Å². The van der Waals surface area contributed by atoms with Crippen LogP contribution < -0.4 is 15.0 Å². The van der Waals surface area contributed by atoms with Crippen molar-refractivity contribution in [1.29, 1.82) is 0 Å². The molecule has 1 saturated heterocycles. The summed E-state index contributed by atoms with van der Waals surface area (Å²) < 4.78 is 42.6. The number of carbonyl (C=O) groups is 1. The fourth-order valence-electron chi connectivity index (χ4n) is 5.23. The van der Waals surface area contributed by atoms with Crippen LogP contribution in [0.3, 0.4) is 0 Å². The third-order valence-corrected chi connectivity index (χ3v) is 8.11. The first-order chi connectivity index (χ1) is 20.9. The second-order valence-corrected chi connectivity index (χ2v) is 11.8. The average Bonchev–Trinajstić information content (AvgIpc) is 3.62. The molecule has 44 heavy (non-hydrogen) atoms. The fraction of sp³-hybridized carbons (Fsp3) is 0.312. The van der Waals surface area contributed by atoms with Gasteiger partial charge < -0.3 is 15.0 Å². The number of alkyl halides is 3. The SMILES string of the molecule is Cc1cc(C)c(N2CCS/C2=N\C(=O)NC(C)CCc2ccc(-c3ncn(-c4ccc(OC(F)(F)F)cc4)n3)cc2)c(C)c1. The number of nitrogens with one attached hydrogen (secondary N) is 1.